The van der Waals surface area contributed by atoms with Gasteiger partial charge in [-0.3, -0.25) is 0 Å². The highest BCUT2D eigenvalue weighted by Gasteiger charge is 2.37. The first-order valence-corrected chi connectivity index (χ1v) is 16.4. The Hall–Kier alpha value is -5.18. The minimum absolute atomic E-state index is 0.120. The maximum absolute atomic E-state index is 2.44. The summed E-state index contributed by atoms with van der Waals surface area (Å²) in [6.45, 7) is 4.77. The Morgan fingerprint density at radius 1 is 0.489 bits per heavy atom. The number of anilines is 3. The highest BCUT2D eigenvalue weighted by molar-refractivity contribution is 7.26. The van der Waals surface area contributed by atoms with Crippen LogP contribution in [0.25, 0.3) is 53.2 Å². The van der Waals surface area contributed by atoms with Crippen LogP contribution in [0.4, 0.5) is 17.1 Å². The fourth-order valence-corrected chi connectivity index (χ4v) is 8.60. The van der Waals surface area contributed by atoms with Gasteiger partial charge in [0.2, 0.25) is 0 Å². The Morgan fingerprint density at radius 2 is 1.20 bits per heavy atom. The van der Waals surface area contributed by atoms with Crippen LogP contribution in [0.2, 0.25) is 0 Å². The predicted octanol–water partition coefficient (Wildman–Crippen LogP) is 12.7. The lowest BCUT2D eigenvalue weighted by molar-refractivity contribution is 0.661. The van der Waals surface area contributed by atoms with Gasteiger partial charge >= 0.3 is 0 Å². The monoisotopic (exact) mass is 593 g/mol. The molecule has 0 bridgehead atoms. The second-order valence-electron chi connectivity index (χ2n) is 12.6. The zero-order chi connectivity index (χ0) is 30.1. The van der Waals surface area contributed by atoms with Crippen LogP contribution in [-0.2, 0) is 5.41 Å². The van der Waals surface area contributed by atoms with Crippen LogP contribution < -0.4 is 4.90 Å². The fraction of sp³-hybridized carbons (Fsp3) is 0.0698. The Morgan fingerprint density at radius 3 is 2.09 bits per heavy atom. The highest BCUT2D eigenvalue weighted by atomic mass is 32.1. The maximum atomic E-state index is 2.44. The number of hydrogen-bond acceptors (Lipinski definition) is 2. The third-order valence-corrected chi connectivity index (χ3v) is 10.8. The predicted molar refractivity (Wildman–Crippen MR) is 195 cm³/mol. The van der Waals surface area contributed by atoms with Crippen LogP contribution in [-0.4, -0.2) is 0 Å². The van der Waals surface area contributed by atoms with Crippen LogP contribution in [0.15, 0.2) is 152 Å². The Labute approximate surface area is 267 Å². The second kappa shape index (κ2) is 9.92. The second-order valence-corrected chi connectivity index (χ2v) is 13.6. The molecule has 2 heteroatoms. The van der Waals surface area contributed by atoms with Crippen LogP contribution in [0.5, 0.6) is 0 Å². The van der Waals surface area contributed by atoms with Crippen molar-refractivity contribution in [3.05, 3.63) is 163 Å². The summed E-state index contributed by atoms with van der Waals surface area (Å²) in [5.74, 6) is 0. The topological polar surface area (TPSA) is 3.24 Å². The van der Waals surface area contributed by atoms with Crippen molar-refractivity contribution >= 4 is 59.3 Å². The molecule has 45 heavy (non-hydrogen) atoms. The summed E-state index contributed by atoms with van der Waals surface area (Å²) < 4.78 is 2.71. The van der Waals surface area contributed by atoms with Crippen molar-refractivity contribution in [1.82, 2.24) is 0 Å². The van der Waals surface area contributed by atoms with E-state index >= 15 is 0 Å². The number of para-hydroxylation sites is 1. The quantitative estimate of drug-likeness (QED) is 0.196. The molecule has 1 nitrogen and oxygen atoms in total. The number of benzene rings is 7. The van der Waals surface area contributed by atoms with Gasteiger partial charge in [0.05, 0.1) is 0 Å². The van der Waals surface area contributed by atoms with Gasteiger partial charge in [-0.1, -0.05) is 117 Å². The van der Waals surface area contributed by atoms with Crippen LogP contribution in [0.1, 0.15) is 25.0 Å². The molecule has 8 aromatic rings. The third kappa shape index (κ3) is 3.99. The minimum atomic E-state index is -0.120. The summed E-state index contributed by atoms with van der Waals surface area (Å²) in [5.41, 5.74) is 11.3. The van der Waals surface area contributed by atoms with E-state index in [1.54, 1.807) is 0 Å². The van der Waals surface area contributed by atoms with E-state index in [4.69, 9.17) is 0 Å². The first-order chi connectivity index (χ1) is 22.1. The molecular formula is C43H31NS. The SMILES string of the molecule is CC1(C)c2cc(N(c3ccccc3)c3cccc(-c4cccc5ccccc45)c3)ccc2-c2c1ccc1sc3ccccc3c21. The van der Waals surface area contributed by atoms with E-state index in [2.05, 4.69) is 170 Å². The zero-order valence-electron chi connectivity index (χ0n) is 25.3. The number of hydrogen-bond donors (Lipinski definition) is 0. The molecular weight excluding hydrogens is 563 g/mol. The van der Waals surface area contributed by atoms with Crippen molar-refractivity contribution < 1.29 is 0 Å². The van der Waals surface area contributed by atoms with E-state index in [0.717, 1.165) is 11.4 Å². The Bertz CT molecular complexity index is 2410. The van der Waals surface area contributed by atoms with E-state index in [1.807, 2.05) is 11.3 Å². The molecule has 1 aliphatic rings. The molecule has 0 unspecified atom stereocenters. The Balaban J connectivity index is 1.24. The van der Waals surface area contributed by atoms with Crippen LogP contribution in [0, 0.1) is 0 Å². The molecule has 0 N–H and O–H groups in total. The molecule has 214 valence electrons. The Kier molecular flexibility index (Phi) is 5.78. The molecule has 1 aliphatic carbocycles. The zero-order valence-corrected chi connectivity index (χ0v) is 26.1. The molecule has 0 atom stereocenters. The standard InChI is InChI=1S/C43H31NS/c1-43(2)37-24-25-40-42(36-19-8-9-21-39(36)45-40)41(37)35-23-22-32(27-38(35)43)44(30-15-4-3-5-16-30)31-17-10-14-29(26-31)34-20-11-13-28-12-6-7-18-33(28)34/h3-27H,1-2H3. The maximum Gasteiger partial charge on any atom is 0.0467 e. The van der Waals surface area contributed by atoms with Gasteiger partial charge in [0.1, 0.15) is 0 Å². The van der Waals surface area contributed by atoms with Gasteiger partial charge in [0, 0.05) is 42.6 Å². The van der Waals surface area contributed by atoms with Gasteiger partial charge in [-0.15, -0.1) is 11.3 Å². The normalized spacial score (nSPS) is 13.3. The van der Waals surface area contributed by atoms with Crippen LogP contribution in [0.3, 0.4) is 0 Å². The molecule has 1 heterocycles. The molecule has 0 saturated carbocycles. The first kappa shape index (κ1) is 26.2. The number of thiophene rings is 1. The van der Waals surface area contributed by atoms with E-state index in [-0.39, 0.29) is 5.41 Å². The van der Waals surface area contributed by atoms with E-state index in [9.17, 15) is 0 Å². The van der Waals surface area contributed by atoms with Gasteiger partial charge in [0.15, 0.2) is 0 Å². The molecule has 0 saturated heterocycles. The lowest BCUT2D eigenvalue weighted by atomic mass is 9.82. The molecule has 9 rings (SSSR count). The van der Waals surface area contributed by atoms with Crippen molar-refractivity contribution in [3.8, 4) is 22.3 Å². The molecule has 0 radical (unpaired) electrons. The highest BCUT2D eigenvalue weighted by Crippen LogP contribution is 2.55. The number of nitrogens with zero attached hydrogens (tertiary/aromatic N) is 1. The first-order valence-electron chi connectivity index (χ1n) is 15.6. The summed E-state index contributed by atoms with van der Waals surface area (Å²) in [4.78, 5) is 2.41. The summed E-state index contributed by atoms with van der Waals surface area (Å²) in [6, 6.07) is 55.7. The largest absolute Gasteiger partial charge is 0.310 e. The summed E-state index contributed by atoms with van der Waals surface area (Å²) >= 11 is 1.90. The van der Waals surface area contributed by atoms with Gasteiger partial charge in [-0.05, 0) is 92.7 Å². The molecule has 0 fully saturated rings. The molecule has 1 aromatic heterocycles. The van der Waals surface area contributed by atoms with Gasteiger partial charge in [-0.25, -0.2) is 0 Å². The van der Waals surface area contributed by atoms with E-state index < -0.39 is 0 Å². The third-order valence-electron chi connectivity index (χ3n) is 9.64. The van der Waals surface area contributed by atoms with Crippen molar-refractivity contribution in [1.29, 1.82) is 0 Å². The lowest BCUT2D eigenvalue weighted by Gasteiger charge is -2.28. The van der Waals surface area contributed by atoms with E-state index in [0.29, 0.717) is 0 Å². The van der Waals surface area contributed by atoms with Crippen molar-refractivity contribution in [3.63, 3.8) is 0 Å². The summed E-state index contributed by atoms with van der Waals surface area (Å²) in [6.07, 6.45) is 0. The summed E-state index contributed by atoms with van der Waals surface area (Å²) in [7, 11) is 0. The minimum Gasteiger partial charge on any atom is -0.310 e. The van der Waals surface area contributed by atoms with Crippen molar-refractivity contribution in [2.45, 2.75) is 19.3 Å². The van der Waals surface area contributed by atoms with Gasteiger partial charge < -0.3 is 4.90 Å². The fourth-order valence-electron chi connectivity index (χ4n) is 7.48. The molecule has 0 spiro atoms. The summed E-state index contributed by atoms with van der Waals surface area (Å²) in [5, 5.41) is 5.29. The van der Waals surface area contributed by atoms with Gasteiger partial charge in [0.25, 0.3) is 0 Å². The van der Waals surface area contributed by atoms with E-state index in [1.165, 1.54) is 70.0 Å². The molecule has 0 aliphatic heterocycles. The molecule has 0 amide bonds. The van der Waals surface area contributed by atoms with Gasteiger partial charge in [-0.2, -0.15) is 0 Å². The van der Waals surface area contributed by atoms with Crippen molar-refractivity contribution in [2.24, 2.45) is 0 Å². The van der Waals surface area contributed by atoms with Crippen molar-refractivity contribution in [2.75, 3.05) is 4.90 Å². The molecule has 7 aromatic carbocycles. The average molecular weight is 594 g/mol. The number of fused-ring (bicyclic) bond motifs is 8. The lowest BCUT2D eigenvalue weighted by Crippen LogP contribution is -2.16. The van der Waals surface area contributed by atoms with Crippen LogP contribution >= 0.6 is 11.3 Å². The number of rotatable bonds is 4. The average Bonchev–Trinajstić information content (AvgIpc) is 3.57. The smallest absolute Gasteiger partial charge is 0.0467 e.